The third kappa shape index (κ3) is 2.93. The van der Waals surface area contributed by atoms with Crippen LogP contribution in [0.4, 0.5) is 5.69 Å². The quantitative estimate of drug-likeness (QED) is 0.836. The molecule has 0 radical (unpaired) electrons. The topological polar surface area (TPSA) is 60.1 Å². The van der Waals surface area contributed by atoms with Gasteiger partial charge in [-0.15, -0.1) is 0 Å². The zero-order chi connectivity index (χ0) is 17.4. The van der Waals surface area contributed by atoms with E-state index in [2.05, 4.69) is 36.7 Å². The van der Waals surface area contributed by atoms with Gasteiger partial charge in [0, 0.05) is 23.1 Å². The number of aryl methyl sites for hydroxylation is 2. The number of hydrogen-bond acceptors (Lipinski definition) is 2. The van der Waals surface area contributed by atoms with Gasteiger partial charge < -0.3 is 15.6 Å². The summed E-state index contributed by atoms with van der Waals surface area (Å²) in [7, 11) is 0. The fourth-order valence-electron chi connectivity index (χ4n) is 4.02. The van der Waals surface area contributed by atoms with Gasteiger partial charge in [0.25, 0.3) is 5.91 Å². The molecule has 24 heavy (non-hydrogen) atoms. The Labute approximate surface area is 144 Å². The summed E-state index contributed by atoms with van der Waals surface area (Å²) in [5.41, 5.74) is 12.1. The first-order valence-corrected chi connectivity index (χ1v) is 8.76. The van der Waals surface area contributed by atoms with Gasteiger partial charge in [-0.3, -0.25) is 4.79 Å². The second-order valence-corrected chi connectivity index (χ2v) is 7.13. The minimum atomic E-state index is 0.0182. The first kappa shape index (κ1) is 16.6. The Morgan fingerprint density at radius 2 is 2.04 bits per heavy atom. The molecule has 0 saturated carbocycles. The molecule has 1 aromatic carbocycles. The van der Waals surface area contributed by atoms with Crippen LogP contribution in [0.5, 0.6) is 0 Å². The van der Waals surface area contributed by atoms with Crippen molar-refractivity contribution in [3.63, 3.8) is 0 Å². The summed E-state index contributed by atoms with van der Waals surface area (Å²) in [6.07, 6.45) is 3.09. The van der Waals surface area contributed by atoms with Gasteiger partial charge in [-0.25, -0.2) is 0 Å². The van der Waals surface area contributed by atoms with Crippen LogP contribution < -0.4 is 11.1 Å². The van der Waals surface area contributed by atoms with Crippen molar-refractivity contribution in [3.05, 3.63) is 52.3 Å². The van der Waals surface area contributed by atoms with Gasteiger partial charge in [-0.05, 0) is 76.3 Å². The van der Waals surface area contributed by atoms with Crippen molar-refractivity contribution in [3.8, 4) is 0 Å². The number of benzene rings is 1. The third-order valence-electron chi connectivity index (χ3n) is 5.03. The second-order valence-electron chi connectivity index (χ2n) is 7.13. The lowest BCUT2D eigenvalue weighted by Crippen LogP contribution is -2.31. The molecule has 1 amide bonds. The van der Waals surface area contributed by atoms with Gasteiger partial charge in [0.15, 0.2) is 0 Å². The Kier molecular flexibility index (Phi) is 4.39. The van der Waals surface area contributed by atoms with E-state index in [9.17, 15) is 4.79 Å². The normalized spacial score (nSPS) is 17.0. The molecule has 0 saturated heterocycles. The van der Waals surface area contributed by atoms with E-state index in [0.717, 1.165) is 41.9 Å². The van der Waals surface area contributed by atoms with E-state index in [4.69, 9.17) is 5.73 Å². The van der Waals surface area contributed by atoms with Crippen LogP contribution in [0.2, 0.25) is 0 Å². The number of carbonyl (C=O) groups is 1. The fourth-order valence-corrected chi connectivity index (χ4v) is 4.02. The number of nitrogens with one attached hydrogen (secondary N) is 1. The van der Waals surface area contributed by atoms with E-state index >= 15 is 0 Å². The first-order chi connectivity index (χ1) is 11.4. The van der Waals surface area contributed by atoms with E-state index in [1.165, 1.54) is 11.1 Å². The first-order valence-electron chi connectivity index (χ1n) is 8.76. The van der Waals surface area contributed by atoms with Crippen LogP contribution >= 0.6 is 0 Å². The number of carbonyl (C=O) groups excluding carboxylic acids is 1. The monoisotopic (exact) mass is 325 g/mol. The second kappa shape index (κ2) is 6.34. The van der Waals surface area contributed by atoms with Crippen molar-refractivity contribution in [1.82, 2.24) is 9.88 Å². The lowest BCUT2D eigenvalue weighted by Gasteiger charge is -2.26. The zero-order valence-corrected chi connectivity index (χ0v) is 15.0. The molecule has 0 aliphatic heterocycles. The summed E-state index contributed by atoms with van der Waals surface area (Å²) in [5.74, 6) is 0.0182. The Balaban J connectivity index is 1.86. The molecule has 2 aromatic rings. The number of amides is 1. The molecule has 128 valence electrons. The highest BCUT2D eigenvalue weighted by Gasteiger charge is 2.24. The van der Waals surface area contributed by atoms with Gasteiger partial charge >= 0.3 is 0 Å². The van der Waals surface area contributed by atoms with Gasteiger partial charge in [0.2, 0.25) is 0 Å². The molecular formula is C20H27N3O. The average Bonchev–Trinajstić information content (AvgIpc) is 2.82. The van der Waals surface area contributed by atoms with Gasteiger partial charge in [0.05, 0.1) is 11.6 Å². The maximum Gasteiger partial charge on any atom is 0.253 e. The van der Waals surface area contributed by atoms with E-state index in [1.807, 2.05) is 25.1 Å². The van der Waals surface area contributed by atoms with Crippen molar-refractivity contribution in [2.75, 3.05) is 5.73 Å². The Morgan fingerprint density at radius 1 is 1.29 bits per heavy atom. The maximum atomic E-state index is 12.8. The highest BCUT2D eigenvalue weighted by atomic mass is 16.1. The molecule has 4 heteroatoms. The van der Waals surface area contributed by atoms with Gasteiger partial charge in [-0.1, -0.05) is 6.07 Å². The van der Waals surface area contributed by atoms with Crippen molar-refractivity contribution in [1.29, 1.82) is 0 Å². The fraction of sp³-hybridized carbons (Fsp3) is 0.450. The number of nitrogens with zero attached hydrogens (tertiary/aromatic N) is 1. The van der Waals surface area contributed by atoms with Crippen molar-refractivity contribution in [2.24, 2.45) is 0 Å². The summed E-state index contributed by atoms with van der Waals surface area (Å²) in [6, 6.07) is 8.45. The molecule has 1 aromatic heterocycles. The molecule has 0 fully saturated rings. The van der Waals surface area contributed by atoms with E-state index in [-0.39, 0.29) is 11.9 Å². The number of nitrogens with two attached hydrogens (primary N) is 1. The van der Waals surface area contributed by atoms with Crippen LogP contribution in [0, 0.1) is 13.8 Å². The molecule has 1 aliphatic rings. The zero-order valence-electron chi connectivity index (χ0n) is 15.0. The largest absolute Gasteiger partial charge is 0.399 e. The van der Waals surface area contributed by atoms with Crippen molar-refractivity contribution < 1.29 is 4.79 Å². The van der Waals surface area contributed by atoms with Crippen LogP contribution in [-0.4, -0.2) is 10.5 Å². The van der Waals surface area contributed by atoms with Crippen LogP contribution in [0.15, 0.2) is 24.3 Å². The van der Waals surface area contributed by atoms with E-state index in [1.54, 1.807) is 0 Å². The number of anilines is 1. The molecule has 3 N–H and O–H groups in total. The molecule has 1 atom stereocenters. The predicted octanol–water partition coefficient (Wildman–Crippen LogP) is 4.08. The highest BCUT2D eigenvalue weighted by molar-refractivity contribution is 5.96. The number of rotatable bonds is 3. The number of fused-ring (bicyclic) bond motifs is 1. The van der Waals surface area contributed by atoms with Crippen LogP contribution in [-0.2, 0) is 6.42 Å². The Morgan fingerprint density at radius 3 is 2.71 bits per heavy atom. The maximum absolute atomic E-state index is 12.8. The van der Waals surface area contributed by atoms with Crippen LogP contribution in [0.3, 0.4) is 0 Å². The van der Waals surface area contributed by atoms with E-state index in [0.29, 0.717) is 6.04 Å². The highest BCUT2D eigenvalue weighted by Crippen LogP contribution is 2.31. The molecule has 3 rings (SSSR count). The molecule has 4 nitrogen and oxygen atoms in total. The van der Waals surface area contributed by atoms with Gasteiger partial charge in [-0.2, -0.15) is 0 Å². The summed E-state index contributed by atoms with van der Waals surface area (Å²) in [4.78, 5) is 12.8. The summed E-state index contributed by atoms with van der Waals surface area (Å²) in [6.45, 7) is 8.37. The molecule has 1 heterocycles. The summed E-state index contributed by atoms with van der Waals surface area (Å²) >= 11 is 0. The molecule has 0 spiro atoms. The smallest absolute Gasteiger partial charge is 0.253 e. The number of aromatic nitrogens is 1. The van der Waals surface area contributed by atoms with Crippen LogP contribution in [0.1, 0.15) is 71.6 Å². The lowest BCUT2D eigenvalue weighted by molar-refractivity contribution is 0.0932. The Bertz CT molecular complexity index is 773. The third-order valence-corrected chi connectivity index (χ3v) is 5.03. The molecule has 1 unspecified atom stereocenters. The minimum absolute atomic E-state index is 0.0182. The summed E-state index contributed by atoms with van der Waals surface area (Å²) in [5, 5.41) is 3.24. The van der Waals surface area contributed by atoms with Crippen LogP contribution in [0.25, 0.3) is 0 Å². The van der Waals surface area contributed by atoms with E-state index < -0.39 is 0 Å². The molecule has 0 bridgehead atoms. The SMILES string of the molecule is Cc1cc(C(=O)NC2CCCc3cc(N)ccc32)c(C)n1C(C)C. The van der Waals surface area contributed by atoms with Crippen molar-refractivity contribution >= 4 is 11.6 Å². The molecular weight excluding hydrogens is 298 g/mol. The van der Waals surface area contributed by atoms with Gasteiger partial charge in [0.1, 0.15) is 0 Å². The average molecular weight is 325 g/mol. The predicted molar refractivity (Wildman–Crippen MR) is 98.3 cm³/mol. The Hall–Kier alpha value is -2.23. The standard InChI is InChI=1S/C20H27N3O/c1-12(2)23-13(3)10-18(14(23)4)20(24)22-19-7-5-6-15-11-16(21)8-9-17(15)19/h8-12,19H,5-7,21H2,1-4H3,(H,22,24). The van der Waals surface area contributed by atoms with Crippen molar-refractivity contribution in [2.45, 2.75) is 59.0 Å². The number of hydrogen-bond donors (Lipinski definition) is 2. The lowest BCUT2D eigenvalue weighted by atomic mass is 9.87. The number of nitrogen functional groups attached to an aromatic ring is 1. The summed E-state index contributed by atoms with van der Waals surface area (Å²) < 4.78 is 2.21. The minimum Gasteiger partial charge on any atom is -0.399 e. The molecule has 1 aliphatic carbocycles.